The fraction of sp³-hybridized carbons (Fsp3) is 0.500. The van der Waals surface area contributed by atoms with Gasteiger partial charge in [0, 0.05) is 13.1 Å². The van der Waals surface area contributed by atoms with Crippen LogP contribution in [0.25, 0.3) is 0 Å². The van der Waals surface area contributed by atoms with E-state index in [1.165, 1.54) is 11.0 Å². The molecular formula is C16H22N6O2. The number of hydrogen-bond donors (Lipinski definition) is 1. The van der Waals surface area contributed by atoms with Crippen molar-refractivity contribution in [3.05, 3.63) is 42.2 Å². The molecule has 0 saturated carbocycles. The van der Waals surface area contributed by atoms with E-state index in [1.807, 2.05) is 49.3 Å². The van der Waals surface area contributed by atoms with Gasteiger partial charge in [-0.2, -0.15) is 0 Å². The third-order valence-electron chi connectivity index (χ3n) is 4.65. The Bertz CT molecular complexity index is 675. The summed E-state index contributed by atoms with van der Waals surface area (Å²) in [6.45, 7) is 1.06. The van der Waals surface area contributed by atoms with Crippen molar-refractivity contribution in [2.75, 3.05) is 27.2 Å². The molecule has 2 heterocycles. The molecular weight excluding hydrogens is 308 g/mol. The van der Waals surface area contributed by atoms with Crippen LogP contribution in [-0.4, -0.2) is 74.2 Å². The Hall–Kier alpha value is -2.32. The number of benzene rings is 1. The second kappa shape index (κ2) is 6.66. The van der Waals surface area contributed by atoms with Crippen molar-refractivity contribution in [1.82, 2.24) is 30.0 Å². The third kappa shape index (κ3) is 3.15. The Kier molecular flexibility index (Phi) is 4.59. The summed E-state index contributed by atoms with van der Waals surface area (Å²) >= 11 is 0. The molecule has 1 aromatic carbocycles. The van der Waals surface area contributed by atoms with Gasteiger partial charge in [0.05, 0.1) is 6.04 Å². The zero-order valence-corrected chi connectivity index (χ0v) is 13.9. The lowest BCUT2D eigenvalue weighted by molar-refractivity contribution is -0.142. The Labute approximate surface area is 140 Å². The van der Waals surface area contributed by atoms with E-state index in [4.69, 9.17) is 0 Å². The molecule has 0 bridgehead atoms. The molecule has 0 unspecified atom stereocenters. The van der Waals surface area contributed by atoms with Crippen LogP contribution in [0.15, 0.2) is 36.7 Å². The minimum Gasteiger partial charge on any atom is -0.383 e. The molecule has 2 aromatic rings. The molecule has 1 saturated heterocycles. The molecule has 0 aliphatic carbocycles. The number of rotatable bonds is 4. The number of carbonyl (C=O) groups excluding carboxylic acids is 1. The molecule has 1 amide bonds. The summed E-state index contributed by atoms with van der Waals surface area (Å²) in [7, 11) is 3.85. The highest BCUT2D eigenvalue weighted by molar-refractivity contribution is 5.76. The second-order valence-corrected chi connectivity index (χ2v) is 6.37. The van der Waals surface area contributed by atoms with Crippen molar-refractivity contribution in [2.24, 2.45) is 0 Å². The average molecular weight is 330 g/mol. The maximum Gasteiger partial charge on any atom is 0.244 e. The fourth-order valence-electron chi connectivity index (χ4n) is 3.29. The first-order valence-corrected chi connectivity index (χ1v) is 7.93. The smallest absolute Gasteiger partial charge is 0.244 e. The van der Waals surface area contributed by atoms with E-state index < -0.39 is 5.60 Å². The molecule has 8 nitrogen and oxygen atoms in total. The lowest BCUT2D eigenvalue weighted by Crippen LogP contribution is -2.60. The number of likely N-dealkylation sites (N-methyl/N-ethyl adjacent to an activating group) is 1. The highest BCUT2D eigenvalue weighted by Gasteiger charge is 2.45. The molecule has 8 heteroatoms. The van der Waals surface area contributed by atoms with E-state index in [0.29, 0.717) is 19.5 Å². The Balaban J connectivity index is 1.77. The molecule has 1 N–H and O–H groups in total. The van der Waals surface area contributed by atoms with Crippen LogP contribution in [0, 0.1) is 0 Å². The zero-order valence-electron chi connectivity index (χ0n) is 13.9. The van der Waals surface area contributed by atoms with Crippen LogP contribution < -0.4 is 0 Å². The van der Waals surface area contributed by atoms with Crippen molar-refractivity contribution >= 4 is 5.91 Å². The fourth-order valence-corrected chi connectivity index (χ4v) is 3.29. The van der Waals surface area contributed by atoms with Gasteiger partial charge in [-0.25, -0.2) is 4.68 Å². The first-order valence-electron chi connectivity index (χ1n) is 7.93. The van der Waals surface area contributed by atoms with Gasteiger partial charge >= 0.3 is 0 Å². The van der Waals surface area contributed by atoms with E-state index in [2.05, 4.69) is 15.5 Å². The lowest BCUT2D eigenvalue weighted by Gasteiger charge is -2.47. The number of tetrazole rings is 1. The number of aliphatic hydroxyl groups is 1. The van der Waals surface area contributed by atoms with Gasteiger partial charge in [-0.15, -0.1) is 5.10 Å². The second-order valence-electron chi connectivity index (χ2n) is 6.37. The topological polar surface area (TPSA) is 87.4 Å². The third-order valence-corrected chi connectivity index (χ3v) is 4.65. The van der Waals surface area contributed by atoms with Gasteiger partial charge in [0.25, 0.3) is 0 Å². The number of carbonyl (C=O) groups is 1. The molecule has 3 rings (SSSR count). The van der Waals surface area contributed by atoms with Gasteiger partial charge in [0.15, 0.2) is 0 Å². The first kappa shape index (κ1) is 16.5. The molecule has 0 radical (unpaired) electrons. The molecule has 0 spiro atoms. The predicted molar refractivity (Wildman–Crippen MR) is 86.8 cm³/mol. The first-order chi connectivity index (χ1) is 11.5. The van der Waals surface area contributed by atoms with Crippen molar-refractivity contribution in [3.8, 4) is 0 Å². The van der Waals surface area contributed by atoms with E-state index >= 15 is 0 Å². The normalized spacial score (nSPS) is 24.3. The minimum absolute atomic E-state index is 0.0516. The maximum atomic E-state index is 12.5. The van der Waals surface area contributed by atoms with Crippen molar-refractivity contribution < 1.29 is 9.90 Å². The van der Waals surface area contributed by atoms with E-state index in [9.17, 15) is 9.90 Å². The molecule has 1 aliphatic rings. The Morgan fingerprint density at radius 2 is 2.12 bits per heavy atom. The highest BCUT2D eigenvalue weighted by atomic mass is 16.3. The summed E-state index contributed by atoms with van der Waals surface area (Å²) in [4.78, 5) is 16.2. The van der Waals surface area contributed by atoms with Crippen molar-refractivity contribution in [3.63, 3.8) is 0 Å². The molecule has 1 aromatic heterocycles. The van der Waals surface area contributed by atoms with Crippen LogP contribution in [0.4, 0.5) is 0 Å². The lowest BCUT2D eigenvalue weighted by atomic mass is 9.80. The highest BCUT2D eigenvalue weighted by Crippen LogP contribution is 2.35. The average Bonchev–Trinajstić information content (AvgIpc) is 3.08. The molecule has 128 valence electrons. The molecule has 1 aliphatic heterocycles. The maximum absolute atomic E-state index is 12.5. The van der Waals surface area contributed by atoms with Gasteiger partial charge in [0.1, 0.15) is 18.5 Å². The quantitative estimate of drug-likeness (QED) is 0.830. The van der Waals surface area contributed by atoms with E-state index in [-0.39, 0.29) is 18.5 Å². The number of hydrogen-bond acceptors (Lipinski definition) is 6. The monoisotopic (exact) mass is 330 g/mol. The minimum atomic E-state index is -0.976. The Morgan fingerprint density at radius 1 is 1.38 bits per heavy atom. The van der Waals surface area contributed by atoms with Crippen LogP contribution >= 0.6 is 0 Å². The summed E-state index contributed by atoms with van der Waals surface area (Å²) < 4.78 is 1.41. The van der Waals surface area contributed by atoms with Crippen LogP contribution in [-0.2, 0) is 16.9 Å². The standard InChI is InChI=1S/C16H22N6O2/c1-20(2)14-10-21(15(23)11-22-12-17-18-19-22)9-8-16(14,24)13-6-4-3-5-7-13/h3-7,12,14,24H,8-11H2,1-2H3/t14-,16+/m1/s1. The van der Waals surface area contributed by atoms with Gasteiger partial charge in [-0.1, -0.05) is 30.3 Å². The molecule has 24 heavy (non-hydrogen) atoms. The Morgan fingerprint density at radius 3 is 2.75 bits per heavy atom. The predicted octanol–water partition coefficient (Wildman–Crippen LogP) is -0.277. The van der Waals surface area contributed by atoms with Crippen molar-refractivity contribution in [1.29, 1.82) is 0 Å². The van der Waals surface area contributed by atoms with Gasteiger partial charge in [0.2, 0.25) is 5.91 Å². The summed E-state index contributed by atoms with van der Waals surface area (Å²) in [5, 5.41) is 22.1. The summed E-state index contributed by atoms with van der Waals surface area (Å²) in [5.74, 6) is -0.0516. The molecule has 2 atom stereocenters. The van der Waals surface area contributed by atoms with E-state index in [0.717, 1.165) is 5.56 Å². The van der Waals surface area contributed by atoms with Gasteiger partial charge < -0.3 is 14.9 Å². The number of nitrogens with zero attached hydrogens (tertiary/aromatic N) is 6. The number of likely N-dealkylation sites (tertiary alicyclic amines) is 1. The van der Waals surface area contributed by atoms with Crippen LogP contribution in [0.2, 0.25) is 0 Å². The van der Waals surface area contributed by atoms with Gasteiger partial charge in [-0.05, 0) is 36.5 Å². The number of aromatic nitrogens is 4. The van der Waals surface area contributed by atoms with Crippen molar-refractivity contribution in [2.45, 2.75) is 24.6 Å². The largest absolute Gasteiger partial charge is 0.383 e. The summed E-state index contributed by atoms with van der Waals surface area (Å²) in [6, 6.07) is 9.48. The summed E-state index contributed by atoms with van der Waals surface area (Å²) in [5.41, 5.74) is -0.0904. The van der Waals surface area contributed by atoms with E-state index in [1.54, 1.807) is 4.90 Å². The zero-order chi connectivity index (χ0) is 17.2. The van der Waals surface area contributed by atoms with Crippen LogP contribution in [0.3, 0.4) is 0 Å². The number of piperidine rings is 1. The van der Waals surface area contributed by atoms with Crippen LogP contribution in [0.5, 0.6) is 0 Å². The number of amides is 1. The molecule has 1 fully saturated rings. The SMILES string of the molecule is CN(C)[C@@H]1CN(C(=O)Cn2cnnn2)CC[C@]1(O)c1ccccc1. The summed E-state index contributed by atoms with van der Waals surface area (Å²) in [6.07, 6.45) is 1.91. The van der Waals surface area contributed by atoms with Gasteiger partial charge in [-0.3, -0.25) is 4.79 Å². The van der Waals surface area contributed by atoms with Crippen LogP contribution in [0.1, 0.15) is 12.0 Å².